The van der Waals surface area contributed by atoms with Crippen molar-refractivity contribution in [3.63, 3.8) is 0 Å². The van der Waals surface area contributed by atoms with Crippen molar-refractivity contribution in [3.05, 3.63) is 47.5 Å². The highest BCUT2D eigenvalue weighted by Crippen LogP contribution is 2.32. The van der Waals surface area contributed by atoms with Crippen LogP contribution in [0.4, 0.5) is 5.69 Å². The summed E-state index contributed by atoms with van der Waals surface area (Å²) in [6, 6.07) is 8.52. The maximum absolute atomic E-state index is 12.9. The summed E-state index contributed by atoms with van der Waals surface area (Å²) in [5.41, 5.74) is 2.54. The Hall–Kier alpha value is -3.11. The van der Waals surface area contributed by atoms with E-state index in [0.29, 0.717) is 30.4 Å². The molecule has 0 aliphatic carbocycles. The molecule has 178 valence electrons. The zero-order valence-corrected chi connectivity index (χ0v) is 19.8. The van der Waals surface area contributed by atoms with Gasteiger partial charge in [-0.25, -0.2) is 8.42 Å². The number of ether oxygens (including phenoxy) is 3. The number of hydrogen-bond acceptors (Lipinski definition) is 7. The first kappa shape index (κ1) is 24.5. The monoisotopic (exact) mass is 476 g/mol. The lowest BCUT2D eigenvalue weighted by molar-refractivity contribution is -0.150. The van der Waals surface area contributed by atoms with E-state index in [2.05, 4.69) is 10.0 Å². The molecule has 3 rings (SSSR count). The van der Waals surface area contributed by atoms with E-state index in [0.717, 1.165) is 11.1 Å². The molecule has 1 atom stereocenters. The number of aryl methyl sites for hydroxylation is 1. The predicted octanol–water partition coefficient (Wildman–Crippen LogP) is 2.56. The highest BCUT2D eigenvalue weighted by molar-refractivity contribution is 7.89. The Balaban J connectivity index is 1.65. The smallest absolute Gasteiger partial charge is 0.324 e. The average Bonchev–Trinajstić information content (AvgIpc) is 2.78. The molecular formula is C23H28N2O7S. The number of carbonyl (C=O) groups is 2. The second-order valence-corrected chi connectivity index (χ2v) is 9.77. The van der Waals surface area contributed by atoms with Crippen molar-refractivity contribution in [3.8, 4) is 11.5 Å². The summed E-state index contributed by atoms with van der Waals surface area (Å²) in [4.78, 5) is 24.8. The number of nitrogens with one attached hydrogen (secondary N) is 2. The Morgan fingerprint density at radius 3 is 2.45 bits per heavy atom. The summed E-state index contributed by atoms with van der Waals surface area (Å²) in [7, 11) is -4.07. The second kappa shape index (κ2) is 10.2. The van der Waals surface area contributed by atoms with Gasteiger partial charge in [-0.3, -0.25) is 9.59 Å². The van der Waals surface area contributed by atoms with Crippen LogP contribution < -0.4 is 19.5 Å². The Kier molecular flexibility index (Phi) is 7.60. The Bertz CT molecular complexity index is 1150. The van der Waals surface area contributed by atoms with E-state index >= 15 is 0 Å². The summed E-state index contributed by atoms with van der Waals surface area (Å²) in [5.74, 6) is -1.02. The highest BCUT2D eigenvalue weighted by Gasteiger charge is 2.31. The van der Waals surface area contributed by atoms with Crippen molar-refractivity contribution in [2.45, 2.75) is 38.6 Å². The zero-order chi connectivity index (χ0) is 24.2. The van der Waals surface area contributed by atoms with Gasteiger partial charge >= 0.3 is 5.97 Å². The molecule has 0 saturated carbocycles. The summed E-state index contributed by atoms with van der Waals surface area (Å²) < 4.78 is 44.1. The molecule has 10 heteroatoms. The molecule has 0 fully saturated rings. The van der Waals surface area contributed by atoms with Crippen LogP contribution >= 0.6 is 0 Å². The van der Waals surface area contributed by atoms with Crippen LogP contribution in [0.5, 0.6) is 11.5 Å². The summed E-state index contributed by atoms with van der Waals surface area (Å²) >= 11 is 0. The van der Waals surface area contributed by atoms with Crippen molar-refractivity contribution in [1.82, 2.24) is 4.72 Å². The molecule has 1 aliphatic heterocycles. The van der Waals surface area contributed by atoms with E-state index in [-0.39, 0.29) is 4.90 Å². The molecule has 0 bridgehead atoms. The van der Waals surface area contributed by atoms with Gasteiger partial charge in [0.25, 0.3) is 5.91 Å². The van der Waals surface area contributed by atoms with Gasteiger partial charge in [-0.15, -0.1) is 0 Å². The second-order valence-electron chi connectivity index (χ2n) is 8.05. The Labute approximate surface area is 193 Å². The lowest BCUT2D eigenvalue weighted by atomic mass is 10.1. The third-order valence-electron chi connectivity index (χ3n) is 5.25. The lowest BCUT2D eigenvalue weighted by Gasteiger charge is -2.22. The number of rotatable bonds is 8. The van der Waals surface area contributed by atoms with Crippen LogP contribution in [0.1, 0.15) is 25.0 Å². The number of esters is 1. The number of anilines is 1. The van der Waals surface area contributed by atoms with Gasteiger partial charge in [0.1, 0.15) is 19.3 Å². The maximum atomic E-state index is 12.9. The number of hydrogen-bond donors (Lipinski definition) is 2. The van der Waals surface area contributed by atoms with E-state index < -0.39 is 40.5 Å². The topological polar surface area (TPSA) is 120 Å². The fraction of sp³-hybridized carbons (Fsp3) is 0.391. The zero-order valence-electron chi connectivity index (χ0n) is 19.0. The average molecular weight is 477 g/mol. The van der Waals surface area contributed by atoms with Gasteiger partial charge in [-0.1, -0.05) is 26.0 Å². The van der Waals surface area contributed by atoms with Gasteiger partial charge in [-0.2, -0.15) is 4.72 Å². The van der Waals surface area contributed by atoms with Crippen molar-refractivity contribution in [2.24, 2.45) is 5.92 Å². The molecule has 0 saturated heterocycles. The van der Waals surface area contributed by atoms with Crippen LogP contribution in [0.3, 0.4) is 0 Å². The van der Waals surface area contributed by atoms with Crippen molar-refractivity contribution in [2.75, 3.05) is 25.1 Å². The van der Waals surface area contributed by atoms with Gasteiger partial charge < -0.3 is 19.5 Å². The number of sulfonamides is 1. The fourth-order valence-corrected chi connectivity index (χ4v) is 4.53. The van der Waals surface area contributed by atoms with Crippen molar-refractivity contribution in [1.29, 1.82) is 0 Å². The molecule has 33 heavy (non-hydrogen) atoms. The van der Waals surface area contributed by atoms with Crippen LogP contribution in [-0.2, 0) is 24.3 Å². The SMILES string of the molecule is Cc1cccc(NC(=O)COC(=O)[C@H](NS(=O)(=O)c2ccc3c(c2)OCCO3)C(C)C)c1C. The van der Waals surface area contributed by atoms with Gasteiger partial charge in [0.15, 0.2) is 18.1 Å². The molecule has 1 aliphatic rings. The van der Waals surface area contributed by atoms with Crippen LogP contribution in [0.15, 0.2) is 41.3 Å². The predicted molar refractivity (Wildman–Crippen MR) is 122 cm³/mol. The van der Waals surface area contributed by atoms with Gasteiger partial charge in [0, 0.05) is 11.8 Å². The first-order valence-corrected chi connectivity index (χ1v) is 12.0. The third kappa shape index (κ3) is 6.02. The Morgan fingerprint density at radius 2 is 1.76 bits per heavy atom. The number of benzene rings is 2. The molecule has 2 aromatic carbocycles. The van der Waals surface area contributed by atoms with Crippen LogP contribution in [-0.4, -0.2) is 46.2 Å². The summed E-state index contributed by atoms with van der Waals surface area (Å²) in [6.07, 6.45) is 0. The molecule has 0 unspecified atom stereocenters. The van der Waals surface area contributed by atoms with Crippen molar-refractivity contribution < 1.29 is 32.2 Å². The number of fused-ring (bicyclic) bond motifs is 1. The summed E-state index contributed by atoms with van der Waals surface area (Å²) in [5, 5.41) is 2.70. The minimum atomic E-state index is -4.07. The molecular weight excluding hydrogens is 448 g/mol. The molecule has 1 heterocycles. The van der Waals surface area contributed by atoms with Crippen LogP contribution in [0, 0.1) is 19.8 Å². The van der Waals surface area contributed by atoms with Crippen LogP contribution in [0.25, 0.3) is 0 Å². The number of carbonyl (C=O) groups excluding carboxylic acids is 2. The van der Waals surface area contributed by atoms with Crippen molar-refractivity contribution >= 4 is 27.6 Å². The third-order valence-corrected chi connectivity index (χ3v) is 6.69. The maximum Gasteiger partial charge on any atom is 0.324 e. The lowest BCUT2D eigenvalue weighted by Crippen LogP contribution is -2.45. The minimum Gasteiger partial charge on any atom is -0.486 e. The fourth-order valence-electron chi connectivity index (χ4n) is 3.18. The molecule has 2 N–H and O–H groups in total. The Morgan fingerprint density at radius 1 is 1.06 bits per heavy atom. The van der Waals surface area contributed by atoms with E-state index in [1.165, 1.54) is 18.2 Å². The first-order chi connectivity index (χ1) is 15.6. The molecule has 0 radical (unpaired) electrons. The van der Waals surface area contributed by atoms with E-state index in [1.54, 1.807) is 19.9 Å². The van der Waals surface area contributed by atoms with E-state index in [1.807, 2.05) is 26.0 Å². The first-order valence-electron chi connectivity index (χ1n) is 10.5. The largest absolute Gasteiger partial charge is 0.486 e. The van der Waals surface area contributed by atoms with E-state index in [4.69, 9.17) is 14.2 Å². The quantitative estimate of drug-likeness (QED) is 0.562. The molecule has 1 amide bonds. The van der Waals surface area contributed by atoms with Gasteiger partial charge in [0.05, 0.1) is 4.90 Å². The summed E-state index contributed by atoms with van der Waals surface area (Å²) in [6.45, 7) is 7.30. The minimum absolute atomic E-state index is 0.0714. The standard InChI is InChI=1S/C23H28N2O7S/c1-14(2)22(23(27)32-13-21(26)24-18-7-5-6-15(3)16(18)4)25-33(28,29)17-8-9-19-20(12-17)31-11-10-30-19/h5-9,12,14,22,25H,10-11,13H2,1-4H3,(H,24,26)/t22-/m1/s1. The van der Waals surface area contributed by atoms with Gasteiger partial charge in [-0.05, 0) is 49.1 Å². The normalized spacial score (nSPS) is 14.0. The molecule has 9 nitrogen and oxygen atoms in total. The number of amides is 1. The molecule has 2 aromatic rings. The molecule has 0 aromatic heterocycles. The van der Waals surface area contributed by atoms with E-state index in [9.17, 15) is 18.0 Å². The van der Waals surface area contributed by atoms with Gasteiger partial charge in [0.2, 0.25) is 10.0 Å². The molecule has 0 spiro atoms. The van der Waals surface area contributed by atoms with Crippen LogP contribution in [0.2, 0.25) is 0 Å². The highest BCUT2D eigenvalue weighted by atomic mass is 32.2.